The van der Waals surface area contributed by atoms with E-state index in [1.165, 1.54) is 18.0 Å². The fraction of sp³-hybridized carbons (Fsp3) is 0.615. The highest BCUT2D eigenvalue weighted by Crippen LogP contribution is 2.19. The second-order valence-electron chi connectivity index (χ2n) is 4.57. The van der Waals surface area contributed by atoms with Gasteiger partial charge >= 0.3 is 0 Å². The fourth-order valence-electron chi connectivity index (χ4n) is 1.51. The minimum atomic E-state index is -2.88. The van der Waals surface area contributed by atoms with Crippen LogP contribution in [0.2, 0.25) is 0 Å². The highest BCUT2D eigenvalue weighted by molar-refractivity contribution is 8.00. The normalized spacial score (nSPS) is 13.4. The molecule has 0 aliphatic carbocycles. The van der Waals surface area contributed by atoms with Crippen molar-refractivity contribution in [2.75, 3.05) is 24.3 Å². The number of thioether (sulfide) groups is 1. The van der Waals surface area contributed by atoms with Crippen LogP contribution in [0, 0.1) is 0 Å². The van der Waals surface area contributed by atoms with E-state index in [1.54, 1.807) is 0 Å². The van der Waals surface area contributed by atoms with E-state index < -0.39 is 9.84 Å². The summed E-state index contributed by atoms with van der Waals surface area (Å²) in [6.45, 7) is 5.21. The van der Waals surface area contributed by atoms with Crippen molar-refractivity contribution < 1.29 is 8.42 Å². The second-order valence-corrected chi connectivity index (χ2v) is 8.00. The van der Waals surface area contributed by atoms with Gasteiger partial charge in [0.25, 0.3) is 0 Å². The molecular formula is C13H22N2O2S2. The van der Waals surface area contributed by atoms with Gasteiger partial charge in [-0.1, -0.05) is 6.92 Å². The number of sulfone groups is 1. The molecule has 0 amide bonds. The lowest BCUT2D eigenvalue weighted by Crippen LogP contribution is -2.20. The zero-order valence-electron chi connectivity index (χ0n) is 11.7. The zero-order valence-corrected chi connectivity index (χ0v) is 13.4. The molecule has 0 saturated heterocycles. The van der Waals surface area contributed by atoms with Gasteiger partial charge < -0.3 is 5.32 Å². The molecular weight excluding hydrogens is 280 g/mol. The number of rotatable bonds is 8. The molecule has 1 aromatic rings. The Morgan fingerprint density at radius 1 is 1.42 bits per heavy atom. The first-order valence-corrected chi connectivity index (χ1v) is 9.47. The molecule has 0 aliphatic heterocycles. The van der Waals surface area contributed by atoms with E-state index in [1.807, 2.05) is 18.3 Å². The Balaban J connectivity index is 2.47. The Morgan fingerprint density at radius 3 is 2.68 bits per heavy atom. The molecule has 1 N–H and O–H groups in total. The molecule has 4 nitrogen and oxygen atoms in total. The van der Waals surface area contributed by atoms with E-state index in [4.69, 9.17) is 0 Å². The highest BCUT2D eigenvalue weighted by Gasteiger charge is 2.06. The largest absolute Gasteiger partial charge is 0.309 e. The lowest BCUT2D eigenvalue weighted by Gasteiger charge is -2.12. The van der Waals surface area contributed by atoms with Crippen molar-refractivity contribution in [2.24, 2.45) is 0 Å². The molecule has 108 valence electrons. The Bertz CT molecular complexity index is 472. The van der Waals surface area contributed by atoms with Crippen LogP contribution < -0.4 is 5.32 Å². The summed E-state index contributed by atoms with van der Waals surface area (Å²) in [5.41, 5.74) is 1.01. The number of hydrogen-bond acceptors (Lipinski definition) is 5. The van der Waals surface area contributed by atoms with Crippen molar-refractivity contribution in [3.63, 3.8) is 0 Å². The molecule has 1 rings (SSSR count). The van der Waals surface area contributed by atoms with E-state index >= 15 is 0 Å². The third-order valence-corrected chi connectivity index (χ3v) is 4.81. The lowest BCUT2D eigenvalue weighted by atomic mass is 10.2. The van der Waals surface area contributed by atoms with Crippen molar-refractivity contribution in [1.82, 2.24) is 10.3 Å². The van der Waals surface area contributed by atoms with Gasteiger partial charge in [-0.05, 0) is 32.0 Å². The Kier molecular flexibility index (Phi) is 6.82. The van der Waals surface area contributed by atoms with Crippen LogP contribution in [0.3, 0.4) is 0 Å². The van der Waals surface area contributed by atoms with Crippen LogP contribution in [-0.4, -0.2) is 37.7 Å². The molecule has 0 spiro atoms. The average molecular weight is 302 g/mol. The first-order valence-electron chi connectivity index (χ1n) is 6.42. The maximum Gasteiger partial charge on any atom is 0.148 e. The van der Waals surface area contributed by atoms with Gasteiger partial charge in [-0.2, -0.15) is 0 Å². The molecule has 0 aliphatic rings. The highest BCUT2D eigenvalue weighted by atomic mass is 32.2. The van der Waals surface area contributed by atoms with E-state index in [2.05, 4.69) is 24.1 Å². The van der Waals surface area contributed by atoms with Gasteiger partial charge in [0.2, 0.25) is 0 Å². The van der Waals surface area contributed by atoms with Gasteiger partial charge in [-0.3, -0.25) is 4.98 Å². The smallest absolute Gasteiger partial charge is 0.148 e. The summed E-state index contributed by atoms with van der Waals surface area (Å²) in [4.78, 5) is 5.42. The van der Waals surface area contributed by atoms with Gasteiger partial charge in [0.1, 0.15) is 9.84 Å². The molecule has 19 heavy (non-hydrogen) atoms. The average Bonchev–Trinajstić information content (AvgIpc) is 2.35. The second kappa shape index (κ2) is 7.87. The van der Waals surface area contributed by atoms with Crippen LogP contribution in [0.15, 0.2) is 23.2 Å². The minimum absolute atomic E-state index is 0.202. The Morgan fingerprint density at radius 2 is 2.16 bits per heavy atom. The predicted molar refractivity (Wildman–Crippen MR) is 81.4 cm³/mol. The topological polar surface area (TPSA) is 59.1 Å². The van der Waals surface area contributed by atoms with E-state index in [0.29, 0.717) is 5.75 Å². The number of nitrogens with one attached hydrogen (secondary N) is 1. The third kappa shape index (κ3) is 6.94. The monoisotopic (exact) mass is 302 g/mol. The van der Waals surface area contributed by atoms with Gasteiger partial charge in [0.15, 0.2) is 0 Å². The summed E-state index contributed by atoms with van der Waals surface area (Å²) >= 11 is 1.52. The van der Waals surface area contributed by atoms with Gasteiger partial charge in [-0.25, -0.2) is 8.42 Å². The summed E-state index contributed by atoms with van der Waals surface area (Å²) in [5, 5.41) is 3.38. The summed E-state index contributed by atoms with van der Waals surface area (Å²) in [7, 11) is -2.88. The maximum absolute atomic E-state index is 11.0. The van der Waals surface area contributed by atoms with Crippen LogP contribution in [-0.2, 0) is 9.84 Å². The van der Waals surface area contributed by atoms with Crippen molar-refractivity contribution in [1.29, 1.82) is 0 Å². The molecule has 1 unspecified atom stereocenters. The maximum atomic E-state index is 11.0. The molecule has 1 atom stereocenters. The molecule has 1 aromatic heterocycles. The van der Waals surface area contributed by atoms with Crippen LogP contribution in [0.25, 0.3) is 0 Å². The van der Waals surface area contributed by atoms with Gasteiger partial charge in [0, 0.05) is 29.1 Å². The molecule has 0 fully saturated rings. The standard InChI is InChI=1S/C13H22N2O2S2/c1-4-7-14-11(2)13-6-5-12(10-15-13)18-8-9-19(3,16)17/h5-6,10-11,14H,4,7-9H2,1-3H3. The van der Waals surface area contributed by atoms with Crippen molar-refractivity contribution in [3.8, 4) is 0 Å². The van der Waals surface area contributed by atoms with Crippen LogP contribution in [0.5, 0.6) is 0 Å². The van der Waals surface area contributed by atoms with Crippen molar-refractivity contribution in [2.45, 2.75) is 31.2 Å². The molecule has 0 bridgehead atoms. The number of hydrogen-bond donors (Lipinski definition) is 1. The third-order valence-electron chi connectivity index (χ3n) is 2.63. The number of pyridine rings is 1. The fourth-order valence-corrected chi connectivity index (χ4v) is 3.58. The number of nitrogens with zero attached hydrogens (tertiary/aromatic N) is 1. The van der Waals surface area contributed by atoms with Crippen LogP contribution in [0.4, 0.5) is 0 Å². The SMILES string of the molecule is CCCNC(C)c1ccc(SCCS(C)(=O)=O)cn1. The first-order chi connectivity index (χ1) is 8.92. The molecule has 0 aromatic carbocycles. The summed E-state index contributed by atoms with van der Waals surface area (Å²) in [6, 6.07) is 4.24. The molecule has 0 radical (unpaired) electrons. The van der Waals surface area contributed by atoms with Gasteiger partial charge in [0.05, 0.1) is 11.4 Å². The van der Waals surface area contributed by atoms with E-state index in [9.17, 15) is 8.42 Å². The lowest BCUT2D eigenvalue weighted by molar-refractivity contribution is 0.558. The zero-order chi connectivity index (χ0) is 14.3. The predicted octanol–water partition coefficient (Wildman–Crippen LogP) is 2.28. The first kappa shape index (κ1) is 16.5. The summed E-state index contributed by atoms with van der Waals surface area (Å²) in [5.74, 6) is 0.775. The molecule has 1 heterocycles. The summed E-state index contributed by atoms with van der Waals surface area (Å²) < 4.78 is 22.1. The van der Waals surface area contributed by atoms with E-state index in [-0.39, 0.29) is 11.8 Å². The van der Waals surface area contributed by atoms with Crippen LogP contribution in [0.1, 0.15) is 32.0 Å². The molecule has 6 heteroatoms. The Labute approximate surface area is 120 Å². The quantitative estimate of drug-likeness (QED) is 0.747. The van der Waals surface area contributed by atoms with Crippen LogP contribution >= 0.6 is 11.8 Å². The minimum Gasteiger partial charge on any atom is -0.309 e. The van der Waals surface area contributed by atoms with Gasteiger partial charge in [-0.15, -0.1) is 11.8 Å². The van der Waals surface area contributed by atoms with Crippen molar-refractivity contribution >= 4 is 21.6 Å². The van der Waals surface area contributed by atoms with Crippen molar-refractivity contribution in [3.05, 3.63) is 24.0 Å². The van der Waals surface area contributed by atoms with E-state index in [0.717, 1.165) is 23.6 Å². The summed E-state index contributed by atoms with van der Waals surface area (Å²) in [6.07, 6.45) is 4.17. The number of aromatic nitrogens is 1. The molecule has 0 saturated carbocycles. The Hall–Kier alpha value is -0.590.